The molecule has 1 N–H and O–H groups in total. The zero-order chi connectivity index (χ0) is 13.4. The fourth-order valence-corrected chi connectivity index (χ4v) is 2.23. The van der Waals surface area contributed by atoms with E-state index in [1.54, 1.807) is 12.1 Å². The van der Waals surface area contributed by atoms with Crippen LogP contribution in [0, 0.1) is 10.1 Å². The quantitative estimate of drug-likeness (QED) is 0.582. The lowest BCUT2D eigenvalue weighted by atomic mass is 10.1. The Morgan fingerprint density at radius 1 is 1.39 bits per heavy atom. The van der Waals surface area contributed by atoms with Gasteiger partial charge in [0.2, 0.25) is 0 Å². The molecule has 0 heterocycles. The van der Waals surface area contributed by atoms with Gasteiger partial charge in [-0.25, -0.2) is 0 Å². The molecule has 0 bridgehead atoms. The van der Waals surface area contributed by atoms with Crippen LogP contribution in [-0.4, -0.2) is 29.5 Å². The maximum atomic E-state index is 10.5. The van der Waals surface area contributed by atoms with E-state index in [1.165, 1.54) is 12.2 Å². The van der Waals surface area contributed by atoms with Gasteiger partial charge in [0, 0.05) is 18.2 Å². The van der Waals surface area contributed by atoms with Gasteiger partial charge in [0.15, 0.2) is 0 Å². The van der Waals surface area contributed by atoms with Gasteiger partial charge in [-0.2, -0.15) is 11.8 Å². The highest BCUT2D eigenvalue weighted by Gasteiger charge is 2.04. The molecule has 0 radical (unpaired) electrons. The molecule has 1 aromatic rings. The van der Waals surface area contributed by atoms with Crippen molar-refractivity contribution in [1.29, 1.82) is 0 Å². The lowest BCUT2D eigenvalue weighted by molar-refractivity contribution is -0.384. The van der Waals surface area contributed by atoms with E-state index in [1.807, 2.05) is 23.9 Å². The predicted octanol–water partition coefficient (Wildman–Crippen LogP) is 2.87. The summed E-state index contributed by atoms with van der Waals surface area (Å²) in [6.07, 6.45) is 4.19. The summed E-state index contributed by atoms with van der Waals surface area (Å²) in [6.45, 7) is 3.10. The van der Waals surface area contributed by atoms with E-state index in [4.69, 9.17) is 0 Å². The zero-order valence-corrected chi connectivity index (χ0v) is 11.7. The number of rotatable bonds is 8. The molecule has 0 spiro atoms. The summed E-state index contributed by atoms with van der Waals surface area (Å²) in [7, 11) is 0. The molecule has 0 amide bonds. The summed E-state index contributed by atoms with van der Waals surface area (Å²) in [5.41, 5.74) is 1.28. The van der Waals surface area contributed by atoms with Crippen LogP contribution in [0.5, 0.6) is 0 Å². The van der Waals surface area contributed by atoms with Gasteiger partial charge in [-0.1, -0.05) is 12.1 Å². The number of hydrogen-bond acceptors (Lipinski definition) is 4. The van der Waals surface area contributed by atoms with Gasteiger partial charge in [0.05, 0.1) is 4.92 Å². The maximum absolute atomic E-state index is 10.5. The zero-order valence-electron chi connectivity index (χ0n) is 10.9. The third-order valence-corrected chi connectivity index (χ3v) is 3.45. The minimum absolute atomic E-state index is 0.153. The Labute approximate surface area is 112 Å². The Hall–Kier alpha value is -1.07. The molecule has 1 atom stereocenters. The van der Waals surface area contributed by atoms with Crippen molar-refractivity contribution in [2.75, 3.05) is 18.6 Å². The first-order valence-electron chi connectivity index (χ1n) is 6.09. The van der Waals surface area contributed by atoms with E-state index in [2.05, 4.69) is 18.5 Å². The third kappa shape index (κ3) is 5.51. The van der Waals surface area contributed by atoms with Crippen LogP contribution in [0.3, 0.4) is 0 Å². The summed E-state index contributed by atoms with van der Waals surface area (Å²) >= 11 is 1.86. The molecule has 0 aliphatic heterocycles. The molecule has 0 saturated heterocycles. The molecule has 4 nitrogen and oxygen atoms in total. The average molecular weight is 268 g/mol. The van der Waals surface area contributed by atoms with E-state index in [9.17, 15) is 10.1 Å². The normalized spacial score (nSPS) is 12.3. The Balaban J connectivity index is 2.29. The van der Waals surface area contributed by atoms with Crippen LogP contribution in [0.2, 0.25) is 0 Å². The van der Waals surface area contributed by atoms with E-state index in [0.717, 1.165) is 18.5 Å². The Kier molecular flexibility index (Phi) is 6.75. The fourth-order valence-electron chi connectivity index (χ4n) is 1.64. The maximum Gasteiger partial charge on any atom is 0.269 e. The first-order chi connectivity index (χ1) is 8.63. The number of non-ortho nitro benzene ring substituents is 1. The van der Waals surface area contributed by atoms with Gasteiger partial charge in [0.1, 0.15) is 0 Å². The molecule has 0 saturated carbocycles. The van der Waals surface area contributed by atoms with Crippen LogP contribution in [0.25, 0.3) is 0 Å². The third-order valence-electron chi connectivity index (χ3n) is 2.81. The number of nitrogens with zero attached hydrogens (tertiary/aromatic N) is 1. The van der Waals surface area contributed by atoms with Crippen molar-refractivity contribution < 1.29 is 4.92 Å². The van der Waals surface area contributed by atoms with Crippen molar-refractivity contribution >= 4 is 17.4 Å². The minimum Gasteiger partial charge on any atom is -0.314 e. The molecule has 0 aliphatic carbocycles. The van der Waals surface area contributed by atoms with Crippen LogP contribution >= 0.6 is 11.8 Å². The lowest BCUT2D eigenvalue weighted by Gasteiger charge is -2.12. The molecule has 0 aromatic heterocycles. The van der Waals surface area contributed by atoms with Crippen molar-refractivity contribution in [3.63, 3.8) is 0 Å². The molecule has 100 valence electrons. The molecule has 0 aliphatic rings. The summed E-state index contributed by atoms with van der Waals surface area (Å²) < 4.78 is 0. The predicted molar refractivity (Wildman–Crippen MR) is 77.3 cm³/mol. The van der Waals surface area contributed by atoms with Gasteiger partial charge in [0.25, 0.3) is 5.69 Å². The van der Waals surface area contributed by atoms with E-state index in [-0.39, 0.29) is 10.6 Å². The molecule has 1 rings (SSSR count). The lowest BCUT2D eigenvalue weighted by Crippen LogP contribution is -2.28. The number of nitrogens with one attached hydrogen (secondary N) is 1. The topological polar surface area (TPSA) is 55.2 Å². The van der Waals surface area contributed by atoms with E-state index >= 15 is 0 Å². The van der Waals surface area contributed by atoms with Crippen LogP contribution in [0.4, 0.5) is 5.69 Å². The van der Waals surface area contributed by atoms with Crippen LogP contribution < -0.4 is 5.32 Å². The van der Waals surface area contributed by atoms with E-state index < -0.39 is 0 Å². The second-order valence-corrected chi connectivity index (χ2v) is 5.30. The van der Waals surface area contributed by atoms with Crippen molar-refractivity contribution in [3.8, 4) is 0 Å². The summed E-state index contributed by atoms with van der Waals surface area (Å²) in [6, 6.07) is 7.30. The average Bonchev–Trinajstić information content (AvgIpc) is 2.37. The summed E-state index contributed by atoms with van der Waals surface area (Å²) in [5, 5.41) is 14.0. The second-order valence-electron chi connectivity index (χ2n) is 4.31. The monoisotopic (exact) mass is 268 g/mol. The number of hydrogen-bond donors (Lipinski definition) is 1. The Morgan fingerprint density at radius 2 is 2.06 bits per heavy atom. The standard InChI is InChI=1S/C13H20N2O2S/c1-11(8-10-18-2)14-9-7-12-3-5-13(6-4-12)15(16)17/h3-6,11,14H,7-10H2,1-2H3. The fraction of sp³-hybridized carbons (Fsp3) is 0.538. The molecular weight excluding hydrogens is 248 g/mol. The van der Waals surface area contributed by atoms with Crippen LogP contribution in [-0.2, 0) is 6.42 Å². The highest BCUT2D eigenvalue weighted by Crippen LogP contribution is 2.12. The second kappa shape index (κ2) is 8.11. The molecule has 1 aromatic carbocycles. The molecular formula is C13H20N2O2S. The van der Waals surface area contributed by atoms with Gasteiger partial charge in [-0.05, 0) is 43.9 Å². The largest absolute Gasteiger partial charge is 0.314 e. The van der Waals surface area contributed by atoms with Gasteiger partial charge >= 0.3 is 0 Å². The van der Waals surface area contributed by atoms with Crippen molar-refractivity contribution in [3.05, 3.63) is 39.9 Å². The highest BCUT2D eigenvalue weighted by atomic mass is 32.2. The molecule has 0 fully saturated rings. The van der Waals surface area contributed by atoms with Crippen LogP contribution in [0.15, 0.2) is 24.3 Å². The summed E-state index contributed by atoms with van der Waals surface area (Å²) in [4.78, 5) is 10.1. The van der Waals surface area contributed by atoms with Crippen LogP contribution in [0.1, 0.15) is 18.9 Å². The van der Waals surface area contributed by atoms with Crippen molar-refractivity contribution in [2.24, 2.45) is 0 Å². The Morgan fingerprint density at radius 3 is 2.61 bits per heavy atom. The number of nitro benzene ring substituents is 1. The van der Waals surface area contributed by atoms with E-state index in [0.29, 0.717) is 6.04 Å². The minimum atomic E-state index is -0.369. The summed E-state index contributed by atoms with van der Waals surface area (Å²) in [5.74, 6) is 1.17. The number of nitro groups is 1. The first kappa shape index (κ1) is 15.0. The van der Waals surface area contributed by atoms with Crippen molar-refractivity contribution in [1.82, 2.24) is 5.32 Å². The number of benzene rings is 1. The molecule has 1 unspecified atom stereocenters. The number of thioether (sulfide) groups is 1. The smallest absolute Gasteiger partial charge is 0.269 e. The van der Waals surface area contributed by atoms with Crippen molar-refractivity contribution in [2.45, 2.75) is 25.8 Å². The Bertz CT molecular complexity index is 368. The molecule has 5 heteroatoms. The van der Waals surface area contributed by atoms with Gasteiger partial charge < -0.3 is 5.32 Å². The SMILES string of the molecule is CSCCC(C)NCCc1ccc([N+](=O)[O-])cc1. The van der Waals surface area contributed by atoms with Gasteiger partial charge in [-0.3, -0.25) is 10.1 Å². The first-order valence-corrected chi connectivity index (χ1v) is 7.48. The van der Waals surface area contributed by atoms with Gasteiger partial charge in [-0.15, -0.1) is 0 Å². The highest BCUT2D eigenvalue weighted by molar-refractivity contribution is 7.98. The molecule has 18 heavy (non-hydrogen) atoms.